The molecule has 5 heteroatoms. The predicted molar refractivity (Wildman–Crippen MR) is 80.2 cm³/mol. The molecular weight excluding hydrogens is 328 g/mol. The highest BCUT2D eigenvalue weighted by Gasteiger charge is 2.16. The number of hydrogen-bond donors (Lipinski definition) is 1. The predicted octanol–water partition coefficient (Wildman–Crippen LogP) is 3.80. The Morgan fingerprint density at radius 2 is 2.05 bits per heavy atom. The maximum Gasteiger partial charge on any atom is 0.124 e. The number of thiophene rings is 1. The number of methoxy groups -OCH3 is 2. The Morgan fingerprint density at radius 1 is 1.26 bits per heavy atom. The van der Waals surface area contributed by atoms with Crippen molar-refractivity contribution >= 4 is 27.3 Å². The Hall–Kier alpha value is -1.04. The van der Waals surface area contributed by atoms with Crippen molar-refractivity contribution in [2.24, 2.45) is 0 Å². The molecular formula is C14H15BrO3S. The summed E-state index contributed by atoms with van der Waals surface area (Å²) in [7, 11) is 3.20. The SMILES string of the molecule is COc1ccc(OC)c(C(O)Cc2cc(Br)cs2)c1. The highest BCUT2D eigenvalue weighted by molar-refractivity contribution is 9.10. The zero-order valence-electron chi connectivity index (χ0n) is 10.7. The summed E-state index contributed by atoms with van der Waals surface area (Å²) in [5.41, 5.74) is 0.742. The van der Waals surface area contributed by atoms with Gasteiger partial charge < -0.3 is 14.6 Å². The van der Waals surface area contributed by atoms with E-state index in [4.69, 9.17) is 9.47 Å². The van der Waals surface area contributed by atoms with Crippen LogP contribution in [-0.4, -0.2) is 19.3 Å². The summed E-state index contributed by atoms with van der Waals surface area (Å²) in [6, 6.07) is 7.45. The lowest BCUT2D eigenvalue weighted by atomic mass is 10.0. The number of aliphatic hydroxyl groups is 1. The zero-order valence-corrected chi connectivity index (χ0v) is 13.1. The third kappa shape index (κ3) is 3.49. The van der Waals surface area contributed by atoms with Crippen LogP contribution in [0, 0.1) is 0 Å². The van der Waals surface area contributed by atoms with Crippen molar-refractivity contribution in [3.63, 3.8) is 0 Å². The molecule has 1 atom stereocenters. The van der Waals surface area contributed by atoms with Crippen molar-refractivity contribution in [2.45, 2.75) is 12.5 Å². The maximum absolute atomic E-state index is 10.4. The number of halogens is 1. The lowest BCUT2D eigenvalue weighted by Crippen LogP contribution is -2.03. The molecule has 102 valence electrons. The van der Waals surface area contributed by atoms with E-state index < -0.39 is 6.10 Å². The van der Waals surface area contributed by atoms with Gasteiger partial charge in [-0.05, 0) is 40.2 Å². The van der Waals surface area contributed by atoms with Crippen LogP contribution in [-0.2, 0) is 6.42 Å². The number of ether oxygens (including phenoxy) is 2. The first-order chi connectivity index (χ1) is 9.13. The van der Waals surface area contributed by atoms with Gasteiger partial charge in [0, 0.05) is 26.7 Å². The largest absolute Gasteiger partial charge is 0.497 e. The highest BCUT2D eigenvalue weighted by Crippen LogP contribution is 2.32. The summed E-state index contributed by atoms with van der Waals surface area (Å²) in [5.74, 6) is 1.38. The van der Waals surface area contributed by atoms with Crippen molar-refractivity contribution < 1.29 is 14.6 Å². The smallest absolute Gasteiger partial charge is 0.124 e. The van der Waals surface area contributed by atoms with Gasteiger partial charge in [0.2, 0.25) is 0 Å². The molecule has 2 rings (SSSR count). The van der Waals surface area contributed by atoms with E-state index in [0.29, 0.717) is 17.9 Å². The van der Waals surface area contributed by atoms with Crippen molar-refractivity contribution in [3.8, 4) is 11.5 Å². The second kappa shape index (κ2) is 6.41. The van der Waals surface area contributed by atoms with E-state index >= 15 is 0 Å². The third-order valence-corrected chi connectivity index (χ3v) is 4.53. The van der Waals surface area contributed by atoms with Crippen LogP contribution in [0.25, 0.3) is 0 Å². The van der Waals surface area contributed by atoms with Crippen LogP contribution >= 0.6 is 27.3 Å². The van der Waals surface area contributed by atoms with Crippen LogP contribution in [0.1, 0.15) is 16.5 Å². The Bertz CT molecular complexity index is 553. The molecule has 0 aliphatic heterocycles. The molecule has 3 nitrogen and oxygen atoms in total. The fraction of sp³-hybridized carbons (Fsp3) is 0.286. The van der Waals surface area contributed by atoms with Crippen molar-refractivity contribution in [1.82, 2.24) is 0 Å². The van der Waals surface area contributed by atoms with E-state index in [1.807, 2.05) is 29.6 Å². The number of aliphatic hydroxyl groups excluding tert-OH is 1. The lowest BCUT2D eigenvalue weighted by molar-refractivity contribution is 0.174. The standard InChI is InChI=1S/C14H15BrO3S/c1-17-10-3-4-14(18-2)12(6-10)13(16)7-11-5-9(15)8-19-11/h3-6,8,13,16H,7H2,1-2H3. The molecule has 0 aliphatic rings. The number of benzene rings is 1. The van der Waals surface area contributed by atoms with E-state index in [-0.39, 0.29) is 0 Å². The summed E-state index contributed by atoms with van der Waals surface area (Å²) < 4.78 is 11.5. The third-order valence-electron chi connectivity index (χ3n) is 2.81. The van der Waals surface area contributed by atoms with Gasteiger partial charge in [0.05, 0.1) is 20.3 Å². The Labute approximate surface area is 124 Å². The van der Waals surface area contributed by atoms with Crippen molar-refractivity contribution in [1.29, 1.82) is 0 Å². The zero-order chi connectivity index (χ0) is 13.8. The van der Waals surface area contributed by atoms with E-state index in [2.05, 4.69) is 15.9 Å². The quantitative estimate of drug-likeness (QED) is 0.897. The second-order valence-corrected chi connectivity index (χ2v) is 5.97. The van der Waals surface area contributed by atoms with Gasteiger partial charge in [0.15, 0.2) is 0 Å². The summed E-state index contributed by atoms with van der Waals surface area (Å²) in [6.07, 6.45) is -0.0598. The molecule has 0 amide bonds. The van der Waals surface area contributed by atoms with E-state index in [1.54, 1.807) is 25.6 Å². The summed E-state index contributed by atoms with van der Waals surface area (Å²) in [6.45, 7) is 0. The fourth-order valence-electron chi connectivity index (χ4n) is 1.86. The average Bonchev–Trinajstić information content (AvgIpc) is 2.83. The minimum Gasteiger partial charge on any atom is -0.497 e. The van der Waals surface area contributed by atoms with Crippen LogP contribution < -0.4 is 9.47 Å². The molecule has 1 N–H and O–H groups in total. The lowest BCUT2D eigenvalue weighted by Gasteiger charge is -2.15. The van der Waals surface area contributed by atoms with Gasteiger partial charge >= 0.3 is 0 Å². The Kier molecular flexibility index (Phi) is 4.85. The van der Waals surface area contributed by atoms with Gasteiger partial charge in [-0.25, -0.2) is 0 Å². The summed E-state index contributed by atoms with van der Waals surface area (Å²) in [5, 5.41) is 12.4. The molecule has 1 aromatic carbocycles. The second-order valence-electron chi connectivity index (χ2n) is 4.06. The van der Waals surface area contributed by atoms with Gasteiger partial charge in [-0.15, -0.1) is 11.3 Å². The Balaban J connectivity index is 2.23. The first kappa shape index (κ1) is 14.4. The summed E-state index contributed by atoms with van der Waals surface area (Å²) in [4.78, 5) is 1.12. The van der Waals surface area contributed by atoms with Gasteiger partial charge in [0.25, 0.3) is 0 Å². The van der Waals surface area contributed by atoms with Gasteiger partial charge in [-0.2, -0.15) is 0 Å². The molecule has 1 heterocycles. The van der Waals surface area contributed by atoms with Gasteiger partial charge in [-0.1, -0.05) is 0 Å². The highest BCUT2D eigenvalue weighted by atomic mass is 79.9. The van der Waals surface area contributed by atoms with Crippen molar-refractivity contribution in [2.75, 3.05) is 14.2 Å². The van der Waals surface area contributed by atoms with Crippen molar-refractivity contribution in [3.05, 3.63) is 44.6 Å². The van der Waals surface area contributed by atoms with Gasteiger partial charge in [0.1, 0.15) is 11.5 Å². The molecule has 1 unspecified atom stereocenters. The Morgan fingerprint density at radius 3 is 2.63 bits per heavy atom. The average molecular weight is 343 g/mol. The van der Waals surface area contributed by atoms with Crippen LogP contribution in [0.2, 0.25) is 0 Å². The van der Waals surface area contributed by atoms with E-state index in [9.17, 15) is 5.11 Å². The van der Waals surface area contributed by atoms with Crippen LogP contribution in [0.5, 0.6) is 11.5 Å². The first-order valence-electron chi connectivity index (χ1n) is 5.77. The van der Waals surface area contributed by atoms with E-state index in [0.717, 1.165) is 14.9 Å². The number of hydrogen-bond acceptors (Lipinski definition) is 4. The molecule has 0 saturated heterocycles. The van der Waals surface area contributed by atoms with Gasteiger partial charge in [-0.3, -0.25) is 0 Å². The molecule has 0 fully saturated rings. The first-order valence-corrected chi connectivity index (χ1v) is 7.44. The normalized spacial score (nSPS) is 12.2. The number of rotatable bonds is 5. The van der Waals surface area contributed by atoms with Crippen LogP contribution in [0.3, 0.4) is 0 Å². The topological polar surface area (TPSA) is 38.7 Å². The fourth-order valence-corrected chi connectivity index (χ4v) is 3.35. The molecule has 0 spiro atoms. The summed E-state index contributed by atoms with van der Waals surface area (Å²) >= 11 is 5.03. The maximum atomic E-state index is 10.4. The van der Waals surface area contributed by atoms with Crippen LogP contribution in [0.15, 0.2) is 34.1 Å². The molecule has 0 radical (unpaired) electrons. The molecule has 19 heavy (non-hydrogen) atoms. The van der Waals surface area contributed by atoms with Crippen LogP contribution in [0.4, 0.5) is 0 Å². The molecule has 0 bridgehead atoms. The monoisotopic (exact) mass is 342 g/mol. The minimum absolute atomic E-state index is 0.555. The van der Waals surface area contributed by atoms with E-state index in [1.165, 1.54) is 0 Å². The molecule has 1 aromatic heterocycles. The minimum atomic E-state index is -0.615. The molecule has 2 aromatic rings. The molecule has 0 saturated carbocycles. The molecule has 0 aliphatic carbocycles.